The van der Waals surface area contributed by atoms with Crippen LogP contribution in [0.3, 0.4) is 0 Å². The summed E-state index contributed by atoms with van der Waals surface area (Å²) < 4.78 is 0. The van der Waals surface area contributed by atoms with Gasteiger partial charge in [-0.3, -0.25) is 0 Å². The van der Waals surface area contributed by atoms with Crippen LogP contribution in [0.5, 0.6) is 0 Å². The molecule has 0 bridgehead atoms. The normalized spacial score (nSPS) is 38.7. The third-order valence-electron chi connectivity index (χ3n) is 3.23. The van der Waals surface area contributed by atoms with Crippen molar-refractivity contribution in [2.24, 2.45) is 17.8 Å². The highest BCUT2D eigenvalue weighted by atomic mass is 16.3. The van der Waals surface area contributed by atoms with Crippen LogP contribution in [-0.4, -0.2) is 11.2 Å². The minimum atomic E-state index is 0.0330. The van der Waals surface area contributed by atoms with Crippen molar-refractivity contribution >= 4 is 0 Å². The number of hydrogen-bond acceptors (Lipinski definition) is 1. The highest BCUT2D eigenvalue weighted by molar-refractivity contribution is 4.89. The molecule has 64 valence electrons. The second-order valence-corrected chi connectivity index (χ2v) is 4.46. The van der Waals surface area contributed by atoms with E-state index in [2.05, 4.69) is 6.92 Å². The summed E-state index contributed by atoms with van der Waals surface area (Å²) in [7, 11) is 0. The molecule has 0 radical (unpaired) electrons. The second-order valence-electron chi connectivity index (χ2n) is 4.46. The highest BCUT2D eigenvalue weighted by Crippen LogP contribution is 2.43. The first kappa shape index (κ1) is 7.60. The van der Waals surface area contributed by atoms with Gasteiger partial charge in [-0.25, -0.2) is 0 Å². The summed E-state index contributed by atoms with van der Waals surface area (Å²) in [4.78, 5) is 0. The number of aliphatic hydroxyl groups excluding tert-OH is 1. The first-order chi connectivity index (χ1) is 5.27. The molecular formula is C10H18O. The topological polar surface area (TPSA) is 20.2 Å². The summed E-state index contributed by atoms with van der Waals surface area (Å²) in [5.74, 6) is 2.46. The monoisotopic (exact) mass is 154 g/mol. The van der Waals surface area contributed by atoms with Crippen LogP contribution in [0, 0.1) is 17.8 Å². The van der Waals surface area contributed by atoms with E-state index >= 15 is 0 Å². The molecule has 3 atom stereocenters. The lowest BCUT2D eigenvalue weighted by atomic mass is 10.1. The molecule has 0 aromatic heterocycles. The predicted octanol–water partition coefficient (Wildman–Crippen LogP) is 2.19. The lowest BCUT2D eigenvalue weighted by Gasteiger charge is -2.07. The van der Waals surface area contributed by atoms with Crippen LogP contribution in [0.1, 0.15) is 39.0 Å². The van der Waals surface area contributed by atoms with Gasteiger partial charge in [0.1, 0.15) is 0 Å². The average Bonchev–Trinajstić information content (AvgIpc) is 2.78. The molecule has 0 aromatic carbocycles. The Morgan fingerprint density at radius 2 is 2.09 bits per heavy atom. The van der Waals surface area contributed by atoms with Crippen molar-refractivity contribution in [3.63, 3.8) is 0 Å². The molecule has 0 saturated heterocycles. The van der Waals surface area contributed by atoms with E-state index in [4.69, 9.17) is 0 Å². The van der Waals surface area contributed by atoms with E-state index in [1.807, 2.05) is 0 Å². The Kier molecular flexibility index (Phi) is 1.92. The number of rotatable bonds is 4. The summed E-state index contributed by atoms with van der Waals surface area (Å²) in [5, 5.41) is 9.64. The standard InChI is InChI=1S/C10H18O/c1-7-6-9(7)10(11)5-4-8-2-3-8/h7-11H,2-6H2,1H3. The summed E-state index contributed by atoms with van der Waals surface area (Å²) >= 11 is 0. The third-order valence-corrected chi connectivity index (χ3v) is 3.23. The van der Waals surface area contributed by atoms with Crippen LogP contribution in [0.4, 0.5) is 0 Å². The van der Waals surface area contributed by atoms with E-state index in [1.54, 1.807) is 0 Å². The minimum Gasteiger partial charge on any atom is -0.393 e. The predicted molar refractivity (Wildman–Crippen MR) is 45.2 cm³/mol. The van der Waals surface area contributed by atoms with Crippen molar-refractivity contribution in [1.82, 2.24) is 0 Å². The zero-order valence-electron chi connectivity index (χ0n) is 7.29. The van der Waals surface area contributed by atoms with Crippen molar-refractivity contribution in [3.05, 3.63) is 0 Å². The van der Waals surface area contributed by atoms with Crippen LogP contribution < -0.4 is 0 Å². The molecule has 2 aliphatic rings. The summed E-state index contributed by atoms with van der Waals surface area (Å²) in [5.41, 5.74) is 0. The van der Waals surface area contributed by atoms with Crippen molar-refractivity contribution < 1.29 is 5.11 Å². The van der Waals surface area contributed by atoms with Gasteiger partial charge in [-0.1, -0.05) is 19.8 Å². The molecule has 0 spiro atoms. The summed E-state index contributed by atoms with van der Waals surface area (Å²) in [6, 6.07) is 0. The fraction of sp³-hybridized carbons (Fsp3) is 1.00. The molecule has 2 rings (SSSR count). The minimum absolute atomic E-state index is 0.0330. The molecule has 1 N–H and O–H groups in total. The van der Waals surface area contributed by atoms with Gasteiger partial charge in [0.25, 0.3) is 0 Å². The fourth-order valence-corrected chi connectivity index (χ4v) is 1.91. The van der Waals surface area contributed by atoms with Crippen molar-refractivity contribution in [1.29, 1.82) is 0 Å². The molecular weight excluding hydrogens is 136 g/mol. The Morgan fingerprint density at radius 1 is 1.45 bits per heavy atom. The molecule has 3 unspecified atom stereocenters. The first-order valence-electron chi connectivity index (χ1n) is 4.95. The zero-order valence-corrected chi connectivity index (χ0v) is 7.29. The van der Waals surface area contributed by atoms with Gasteiger partial charge in [0.15, 0.2) is 0 Å². The van der Waals surface area contributed by atoms with Crippen molar-refractivity contribution in [2.75, 3.05) is 0 Å². The lowest BCUT2D eigenvalue weighted by Crippen LogP contribution is -2.10. The molecule has 1 heteroatoms. The summed E-state index contributed by atoms with van der Waals surface area (Å²) in [6.07, 6.45) is 6.50. The van der Waals surface area contributed by atoms with Gasteiger partial charge >= 0.3 is 0 Å². The maximum atomic E-state index is 9.64. The lowest BCUT2D eigenvalue weighted by molar-refractivity contribution is 0.132. The fourth-order valence-electron chi connectivity index (χ4n) is 1.91. The van der Waals surface area contributed by atoms with E-state index in [0.717, 1.165) is 18.3 Å². The molecule has 2 saturated carbocycles. The first-order valence-corrected chi connectivity index (χ1v) is 4.95. The van der Waals surface area contributed by atoms with Gasteiger partial charge < -0.3 is 5.11 Å². The largest absolute Gasteiger partial charge is 0.393 e. The molecule has 0 amide bonds. The Bertz CT molecular complexity index is 140. The van der Waals surface area contributed by atoms with E-state index in [-0.39, 0.29) is 6.10 Å². The third kappa shape index (κ3) is 1.96. The van der Waals surface area contributed by atoms with Crippen LogP contribution >= 0.6 is 0 Å². The molecule has 11 heavy (non-hydrogen) atoms. The highest BCUT2D eigenvalue weighted by Gasteiger charge is 2.38. The van der Waals surface area contributed by atoms with E-state index < -0.39 is 0 Å². The van der Waals surface area contributed by atoms with Crippen molar-refractivity contribution in [3.8, 4) is 0 Å². The van der Waals surface area contributed by atoms with Crippen LogP contribution in [0.2, 0.25) is 0 Å². The van der Waals surface area contributed by atoms with Gasteiger partial charge in [0.05, 0.1) is 6.10 Å². The van der Waals surface area contributed by atoms with Crippen LogP contribution in [0.25, 0.3) is 0 Å². The van der Waals surface area contributed by atoms with Gasteiger partial charge in [-0.15, -0.1) is 0 Å². The van der Waals surface area contributed by atoms with E-state index in [1.165, 1.54) is 25.7 Å². The van der Waals surface area contributed by atoms with Gasteiger partial charge in [-0.05, 0) is 37.0 Å². The molecule has 1 nitrogen and oxygen atoms in total. The number of aliphatic hydroxyl groups is 1. The maximum Gasteiger partial charge on any atom is 0.0571 e. The Labute approximate surface area is 68.8 Å². The number of hydrogen-bond donors (Lipinski definition) is 1. The smallest absolute Gasteiger partial charge is 0.0571 e. The van der Waals surface area contributed by atoms with Crippen LogP contribution in [-0.2, 0) is 0 Å². The zero-order chi connectivity index (χ0) is 7.84. The Hall–Kier alpha value is -0.0400. The molecule has 0 aliphatic heterocycles. The maximum absolute atomic E-state index is 9.64. The van der Waals surface area contributed by atoms with Gasteiger partial charge in [-0.2, -0.15) is 0 Å². The Morgan fingerprint density at radius 3 is 2.55 bits per heavy atom. The van der Waals surface area contributed by atoms with Crippen molar-refractivity contribution in [2.45, 2.75) is 45.1 Å². The average molecular weight is 154 g/mol. The summed E-state index contributed by atoms with van der Waals surface area (Å²) in [6.45, 7) is 2.24. The Balaban J connectivity index is 1.61. The van der Waals surface area contributed by atoms with E-state index in [0.29, 0.717) is 5.92 Å². The van der Waals surface area contributed by atoms with E-state index in [9.17, 15) is 5.11 Å². The molecule has 0 aromatic rings. The SMILES string of the molecule is CC1CC1C(O)CCC1CC1. The quantitative estimate of drug-likeness (QED) is 0.658. The molecule has 2 aliphatic carbocycles. The molecule has 0 heterocycles. The van der Waals surface area contributed by atoms with Gasteiger partial charge in [0.2, 0.25) is 0 Å². The van der Waals surface area contributed by atoms with Gasteiger partial charge in [0, 0.05) is 0 Å². The van der Waals surface area contributed by atoms with Crippen LogP contribution in [0.15, 0.2) is 0 Å². The second kappa shape index (κ2) is 2.78. The molecule has 2 fully saturated rings.